The molecule has 2 unspecified atom stereocenters. The van der Waals surface area contributed by atoms with Gasteiger partial charge >= 0.3 is 35.5 Å². The zero-order valence-electron chi connectivity index (χ0n) is 12.3. The van der Waals surface area contributed by atoms with E-state index in [2.05, 4.69) is 9.47 Å². The van der Waals surface area contributed by atoms with Crippen molar-refractivity contribution in [3.8, 4) is 0 Å². The fourth-order valence-electron chi connectivity index (χ4n) is 2.05. The van der Waals surface area contributed by atoms with Gasteiger partial charge in [0.25, 0.3) is 0 Å². The van der Waals surface area contributed by atoms with Crippen LogP contribution in [0.25, 0.3) is 0 Å². The maximum absolute atomic E-state index is 13.5. The van der Waals surface area contributed by atoms with Gasteiger partial charge in [-0.25, -0.2) is 0 Å². The topological polar surface area (TPSA) is 25.1 Å². The van der Waals surface area contributed by atoms with Crippen molar-refractivity contribution in [1.82, 2.24) is 0 Å². The van der Waals surface area contributed by atoms with Gasteiger partial charge in [-0.1, -0.05) is 0 Å². The highest BCUT2D eigenvalue weighted by molar-refractivity contribution is 5.12. The zero-order valence-corrected chi connectivity index (χ0v) is 12.3. The normalized spacial score (nSPS) is 25.4. The Labute approximate surface area is 137 Å². The molecule has 2 aliphatic heterocycles. The maximum Gasteiger partial charge on any atom is 0.384 e. The van der Waals surface area contributed by atoms with Crippen LogP contribution in [0, 0.1) is 0 Å². The molecule has 0 aliphatic carbocycles. The molecule has 154 valence electrons. The number of ether oxygens (including phenoxy) is 2. The van der Waals surface area contributed by atoms with Gasteiger partial charge < -0.3 is 9.47 Å². The largest absolute Gasteiger partial charge is 0.384 e. The Morgan fingerprint density at radius 2 is 0.731 bits per heavy atom. The van der Waals surface area contributed by atoms with Crippen molar-refractivity contribution in [2.24, 2.45) is 0 Å². The van der Waals surface area contributed by atoms with Crippen LogP contribution in [0.15, 0.2) is 0 Å². The molecule has 26 heavy (non-hydrogen) atoms. The predicted molar refractivity (Wildman–Crippen MR) is 58.4 cm³/mol. The Hall–Kier alpha value is -0.920. The molecule has 0 aromatic carbocycles. The minimum absolute atomic E-state index is 0.566. The van der Waals surface area contributed by atoms with Crippen LogP contribution in [0.5, 0.6) is 0 Å². The highest BCUT2D eigenvalue weighted by atomic mass is 19.4. The van der Waals surface area contributed by atoms with Crippen LogP contribution in [0.1, 0.15) is 12.8 Å². The first-order valence-electron chi connectivity index (χ1n) is 6.91. The fraction of sp³-hybridized carbons (Fsp3) is 1.00. The van der Waals surface area contributed by atoms with E-state index in [4.69, 9.17) is 0 Å². The summed E-state index contributed by atoms with van der Waals surface area (Å²) in [7, 11) is 0. The molecule has 2 nitrogen and oxygen atoms in total. The van der Waals surface area contributed by atoms with E-state index in [0.29, 0.717) is 0 Å². The fourth-order valence-corrected chi connectivity index (χ4v) is 2.05. The summed E-state index contributed by atoms with van der Waals surface area (Å²) in [4.78, 5) is 0. The molecule has 0 saturated carbocycles. The number of epoxide rings is 2. The van der Waals surface area contributed by atoms with E-state index in [-0.39, 0.29) is 0 Å². The van der Waals surface area contributed by atoms with E-state index in [1.165, 1.54) is 0 Å². The van der Waals surface area contributed by atoms with E-state index in [0.717, 1.165) is 0 Å². The molecule has 0 spiro atoms. The molecule has 0 radical (unpaired) electrons. The van der Waals surface area contributed by atoms with E-state index < -0.39 is 73.8 Å². The molecular weight excluding hydrogens is 404 g/mol. The second-order valence-electron chi connectivity index (χ2n) is 6.03. The van der Waals surface area contributed by atoms with Crippen LogP contribution in [0.4, 0.5) is 52.7 Å². The lowest BCUT2D eigenvalue weighted by molar-refractivity contribution is -0.426. The van der Waals surface area contributed by atoms with Crippen LogP contribution in [-0.2, 0) is 9.47 Å². The SMILES string of the molecule is FC(F)(CC1CO1)C(F)(F)C(F)(F)C(F)(F)C(F)(F)C(F)(F)CC1CO1. The first-order valence-corrected chi connectivity index (χ1v) is 6.91. The highest BCUT2D eigenvalue weighted by Gasteiger charge is 2.90. The van der Waals surface area contributed by atoms with E-state index in [1.807, 2.05) is 0 Å². The standard InChI is InChI=1S/C12H10F12O2/c13-7(14,1-5-3-25-5)9(17,18)11(21,22)12(23,24)10(19,20)8(15,16)2-6-4-26-6/h5-6H,1-4H2. The lowest BCUT2D eigenvalue weighted by Crippen LogP contribution is -2.70. The maximum atomic E-state index is 13.5. The summed E-state index contributed by atoms with van der Waals surface area (Å²) in [6.45, 7) is -1.13. The van der Waals surface area contributed by atoms with Gasteiger partial charge in [0.05, 0.1) is 25.4 Å². The first-order chi connectivity index (χ1) is 11.4. The molecule has 2 rings (SSSR count). The summed E-state index contributed by atoms with van der Waals surface area (Å²) in [6.07, 6.45) is -7.70. The Kier molecular flexibility index (Phi) is 4.76. The Morgan fingerprint density at radius 3 is 0.923 bits per heavy atom. The van der Waals surface area contributed by atoms with Crippen molar-refractivity contribution in [3.63, 3.8) is 0 Å². The molecule has 0 aromatic rings. The number of hydrogen-bond acceptors (Lipinski definition) is 2. The van der Waals surface area contributed by atoms with Crippen LogP contribution < -0.4 is 0 Å². The molecule has 0 N–H and O–H groups in total. The second kappa shape index (κ2) is 5.79. The Morgan fingerprint density at radius 1 is 0.500 bits per heavy atom. The molecule has 0 amide bonds. The molecule has 0 bridgehead atoms. The lowest BCUT2D eigenvalue weighted by atomic mass is 9.89. The Balaban J connectivity index is 2.36. The smallest absolute Gasteiger partial charge is 0.373 e. The number of rotatable bonds is 9. The summed E-state index contributed by atoms with van der Waals surface area (Å²) < 4.78 is 169. The third-order valence-electron chi connectivity index (χ3n) is 3.87. The van der Waals surface area contributed by atoms with Crippen molar-refractivity contribution in [2.75, 3.05) is 13.2 Å². The molecule has 2 saturated heterocycles. The minimum Gasteiger partial charge on any atom is -0.373 e. The molecule has 2 aliphatic rings. The summed E-state index contributed by atoms with van der Waals surface area (Å²) >= 11 is 0. The third-order valence-corrected chi connectivity index (χ3v) is 3.87. The van der Waals surface area contributed by atoms with E-state index in [9.17, 15) is 52.7 Å². The molecule has 0 aromatic heterocycles. The van der Waals surface area contributed by atoms with Crippen LogP contribution >= 0.6 is 0 Å². The summed E-state index contributed by atoms with van der Waals surface area (Å²) in [5.41, 5.74) is 0. The van der Waals surface area contributed by atoms with Crippen LogP contribution in [-0.4, -0.2) is 61.0 Å². The third kappa shape index (κ3) is 3.12. The van der Waals surface area contributed by atoms with Gasteiger partial charge in [0.2, 0.25) is 0 Å². The van der Waals surface area contributed by atoms with Gasteiger partial charge in [0.15, 0.2) is 0 Å². The van der Waals surface area contributed by atoms with Crippen molar-refractivity contribution in [2.45, 2.75) is 60.6 Å². The average molecular weight is 414 g/mol. The summed E-state index contributed by atoms with van der Waals surface area (Å²) in [6, 6.07) is 0. The first kappa shape index (κ1) is 21.4. The van der Waals surface area contributed by atoms with Gasteiger partial charge in [-0.15, -0.1) is 0 Å². The van der Waals surface area contributed by atoms with Crippen molar-refractivity contribution >= 4 is 0 Å². The van der Waals surface area contributed by atoms with E-state index >= 15 is 0 Å². The predicted octanol–water partition coefficient (Wildman–Crippen LogP) is 4.38. The minimum atomic E-state index is -7.50. The van der Waals surface area contributed by atoms with Gasteiger partial charge in [-0.3, -0.25) is 0 Å². The Bertz CT molecular complexity index is 490. The summed E-state index contributed by atoms with van der Waals surface area (Å²) in [5, 5.41) is 0. The van der Waals surface area contributed by atoms with Gasteiger partial charge in [0, 0.05) is 12.8 Å². The van der Waals surface area contributed by atoms with Crippen LogP contribution in [0.3, 0.4) is 0 Å². The van der Waals surface area contributed by atoms with Gasteiger partial charge in [-0.2, -0.15) is 52.7 Å². The molecule has 14 heteroatoms. The summed E-state index contributed by atoms with van der Waals surface area (Å²) in [5.74, 6) is -41.0. The molecule has 2 heterocycles. The number of hydrogen-bond donors (Lipinski definition) is 0. The van der Waals surface area contributed by atoms with Gasteiger partial charge in [0.1, 0.15) is 0 Å². The van der Waals surface area contributed by atoms with Gasteiger partial charge in [-0.05, 0) is 0 Å². The van der Waals surface area contributed by atoms with Crippen molar-refractivity contribution in [3.05, 3.63) is 0 Å². The highest BCUT2D eigenvalue weighted by Crippen LogP contribution is 2.61. The monoisotopic (exact) mass is 414 g/mol. The quantitative estimate of drug-likeness (QED) is 0.414. The molecule has 2 fully saturated rings. The zero-order chi connectivity index (χ0) is 20.4. The number of alkyl halides is 12. The lowest BCUT2D eigenvalue weighted by Gasteiger charge is -2.41. The molecular formula is C12H10F12O2. The molecule has 2 atom stereocenters. The van der Waals surface area contributed by atoms with Crippen molar-refractivity contribution in [1.29, 1.82) is 0 Å². The van der Waals surface area contributed by atoms with E-state index in [1.54, 1.807) is 0 Å². The van der Waals surface area contributed by atoms with Crippen molar-refractivity contribution < 1.29 is 62.2 Å². The number of halogens is 12. The average Bonchev–Trinajstić information content (AvgIpc) is 3.34. The second-order valence-corrected chi connectivity index (χ2v) is 6.03. The van der Waals surface area contributed by atoms with Crippen LogP contribution in [0.2, 0.25) is 0 Å².